The lowest BCUT2D eigenvalue weighted by molar-refractivity contribution is -0.132. The van der Waals surface area contributed by atoms with E-state index in [0.29, 0.717) is 17.2 Å². The highest BCUT2D eigenvalue weighted by atomic mass is 32.1. The lowest BCUT2D eigenvalue weighted by Gasteiger charge is -2.16. The molecule has 100 valence electrons. The number of aromatic nitrogens is 1. The number of thiazole rings is 1. The fourth-order valence-electron chi connectivity index (χ4n) is 1.81. The number of fused-ring (bicyclic) bond motifs is 1. The SMILES string of the molecule is CN(CCC(F)(F)F)c1nc2c(s1)CCCC2=O. The van der Waals surface area contributed by atoms with Gasteiger partial charge in [0.1, 0.15) is 5.69 Å². The van der Waals surface area contributed by atoms with Crippen molar-refractivity contribution in [3.05, 3.63) is 10.6 Å². The van der Waals surface area contributed by atoms with Crippen molar-refractivity contribution < 1.29 is 18.0 Å². The summed E-state index contributed by atoms with van der Waals surface area (Å²) in [5, 5.41) is 0.500. The number of carbonyl (C=O) groups excluding carboxylic acids is 1. The van der Waals surface area contributed by atoms with Crippen LogP contribution >= 0.6 is 11.3 Å². The molecule has 2 rings (SSSR count). The Kier molecular flexibility index (Phi) is 3.61. The highest BCUT2D eigenvalue weighted by Crippen LogP contribution is 2.32. The van der Waals surface area contributed by atoms with Crippen LogP contribution in [-0.2, 0) is 6.42 Å². The van der Waals surface area contributed by atoms with E-state index in [4.69, 9.17) is 0 Å². The number of nitrogens with zero attached hydrogens (tertiary/aromatic N) is 2. The van der Waals surface area contributed by atoms with Crippen LogP contribution in [0.15, 0.2) is 0 Å². The number of aryl methyl sites for hydroxylation is 1. The zero-order chi connectivity index (χ0) is 13.3. The quantitative estimate of drug-likeness (QED) is 0.852. The third kappa shape index (κ3) is 3.01. The molecule has 0 aliphatic heterocycles. The van der Waals surface area contributed by atoms with E-state index in [1.54, 1.807) is 7.05 Å². The van der Waals surface area contributed by atoms with E-state index in [1.807, 2.05) is 0 Å². The maximum absolute atomic E-state index is 12.1. The fraction of sp³-hybridized carbons (Fsp3) is 0.636. The summed E-state index contributed by atoms with van der Waals surface area (Å²) in [4.78, 5) is 18.1. The van der Waals surface area contributed by atoms with Crippen LogP contribution in [0.5, 0.6) is 0 Å². The van der Waals surface area contributed by atoms with Gasteiger partial charge in [-0.1, -0.05) is 0 Å². The summed E-state index contributed by atoms with van der Waals surface area (Å²) in [6.45, 7) is -0.135. The molecule has 0 amide bonds. The van der Waals surface area contributed by atoms with Crippen LogP contribution in [0.1, 0.15) is 34.6 Å². The van der Waals surface area contributed by atoms with Crippen molar-refractivity contribution in [3.8, 4) is 0 Å². The predicted octanol–water partition coefficient (Wildman–Crippen LogP) is 3.05. The molecule has 0 saturated heterocycles. The van der Waals surface area contributed by atoms with Crippen LogP contribution in [0.3, 0.4) is 0 Å². The van der Waals surface area contributed by atoms with Gasteiger partial charge in [0.2, 0.25) is 0 Å². The summed E-state index contributed by atoms with van der Waals surface area (Å²) in [6.07, 6.45) is -2.95. The standard InChI is InChI=1S/C11H13F3N2OS/c1-16(6-5-11(12,13)14)10-15-9-7(17)3-2-4-8(9)18-10/h2-6H2,1H3. The van der Waals surface area contributed by atoms with Crippen molar-refractivity contribution >= 4 is 22.3 Å². The van der Waals surface area contributed by atoms with E-state index >= 15 is 0 Å². The second kappa shape index (κ2) is 4.87. The molecule has 0 atom stereocenters. The minimum Gasteiger partial charge on any atom is -0.351 e. The topological polar surface area (TPSA) is 33.2 Å². The Morgan fingerprint density at radius 2 is 2.11 bits per heavy atom. The molecule has 0 fully saturated rings. The number of ketones is 1. The van der Waals surface area contributed by atoms with Crippen LogP contribution in [0, 0.1) is 0 Å². The first-order chi connectivity index (χ1) is 8.37. The summed E-state index contributed by atoms with van der Waals surface area (Å²) in [6, 6.07) is 0. The van der Waals surface area contributed by atoms with Crippen LogP contribution < -0.4 is 4.90 Å². The molecule has 0 unspecified atom stereocenters. The Morgan fingerprint density at radius 3 is 2.72 bits per heavy atom. The van der Waals surface area contributed by atoms with Gasteiger partial charge in [0.05, 0.1) is 6.42 Å². The van der Waals surface area contributed by atoms with Crippen LogP contribution in [0.25, 0.3) is 0 Å². The number of carbonyl (C=O) groups is 1. The lowest BCUT2D eigenvalue weighted by Crippen LogP contribution is -2.24. The average Bonchev–Trinajstić information content (AvgIpc) is 2.70. The largest absolute Gasteiger partial charge is 0.390 e. The summed E-state index contributed by atoms with van der Waals surface area (Å²) in [5.74, 6) is 0.00275. The Bertz CT molecular complexity index is 456. The Morgan fingerprint density at radius 1 is 1.39 bits per heavy atom. The van der Waals surface area contributed by atoms with Gasteiger partial charge in [0.25, 0.3) is 0 Å². The van der Waals surface area contributed by atoms with Crippen LogP contribution in [-0.4, -0.2) is 30.5 Å². The first-order valence-corrected chi connectivity index (χ1v) is 6.49. The molecule has 18 heavy (non-hydrogen) atoms. The average molecular weight is 278 g/mol. The lowest BCUT2D eigenvalue weighted by atomic mass is 10.0. The highest BCUT2D eigenvalue weighted by Gasteiger charge is 2.28. The van der Waals surface area contributed by atoms with Crippen LogP contribution in [0.4, 0.5) is 18.3 Å². The number of halogens is 3. The third-order valence-electron chi connectivity index (χ3n) is 2.82. The smallest absolute Gasteiger partial charge is 0.351 e. The predicted molar refractivity (Wildman–Crippen MR) is 63.3 cm³/mol. The van der Waals surface area contributed by atoms with E-state index in [-0.39, 0.29) is 12.3 Å². The summed E-state index contributed by atoms with van der Waals surface area (Å²) < 4.78 is 36.4. The maximum atomic E-state index is 12.1. The van der Waals surface area contributed by atoms with Gasteiger partial charge in [-0.05, 0) is 12.8 Å². The minimum atomic E-state index is -4.17. The Balaban J connectivity index is 2.07. The zero-order valence-electron chi connectivity index (χ0n) is 9.88. The van der Waals surface area contributed by atoms with Gasteiger partial charge < -0.3 is 4.90 Å². The molecular weight excluding hydrogens is 265 g/mol. The Labute approximate surface area is 107 Å². The third-order valence-corrected chi connectivity index (χ3v) is 4.04. The van der Waals surface area contributed by atoms with Crippen molar-refractivity contribution in [2.75, 3.05) is 18.5 Å². The number of hydrogen-bond acceptors (Lipinski definition) is 4. The first-order valence-electron chi connectivity index (χ1n) is 5.67. The van der Waals surface area contributed by atoms with Gasteiger partial charge in [0.15, 0.2) is 10.9 Å². The molecule has 0 bridgehead atoms. The number of hydrogen-bond donors (Lipinski definition) is 0. The van der Waals surface area contributed by atoms with E-state index in [9.17, 15) is 18.0 Å². The maximum Gasteiger partial charge on any atom is 0.390 e. The number of alkyl halides is 3. The van der Waals surface area contributed by atoms with Gasteiger partial charge in [-0.2, -0.15) is 13.2 Å². The summed E-state index contributed by atoms with van der Waals surface area (Å²) >= 11 is 1.32. The molecule has 1 aliphatic rings. The molecule has 1 aromatic rings. The molecule has 0 N–H and O–H groups in total. The zero-order valence-corrected chi connectivity index (χ0v) is 10.7. The van der Waals surface area contributed by atoms with Crippen molar-refractivity contribution in [1.82, 2.24) is 4.98 Å². The van der Waals surface area contributed by atoms with Gasteiger partial charge in [-0.25, -0.2) is 4.98 Å². The van der Waals surface area contributed by atoms with E-state index < -0.39 is 12.6 Å². The van der Waals surface area contributed by atoms with E-state index in [0.717, 1.165) is 17.7 Å². The van der Waals surface area contributed by atoms with Crippen molar-refractivity contribution in [2.45, 2.75) is 31.9 Å². The second-order valence-electron chi connectivity index (χ2n) is 4.33. The van der Waals surface area contributed by atoms with E-state index in [2.05, 4.69) is 4.98 Å². The van der Waals surface area contributed by atoms with Crippen molar-refractivity contribution in [2.24, 2.45) is 0 Å². The number of anilines is 1. The van der Waals surface area contributed by atoms with Gasteiger partial charge in [-0.3, -0.25) is 4.79 Å². The molecule has 0 spiro atoms. The minimum absolute atomic E-state index is 0.00275. The summed E-state index contributed by atoms with van der Waals surface area (Å²) in [7, 11) is 1.57. The molecule has 0 aromatic carbocycles. The van der Waals surface area contributed by atoms with Crippen molar-refractivity contribution in [3.63, 3.8) is 0 Å². The molecule has 0 saturated carbocycles. The van der Waals surface area contributed by atoms with Gasteiger partial charge in [0, 0.05) is 24.9 Å². The highest BCUT2D eigenvalue weighted by molar-refractivity contribution is 7.16. The first kappa shape index (κ1) is 13.3. The van der Waals surface area contributed by atoms with Gasteiger partial charge in [-0.15, -0.1) is 11.3 Å². The summed E-state index contributed by atoms with van der Waals surface area (Å²) in [5.41, 5.74) is 0.458. The normalized spacial score (nSPS) is 15.7. The Hall–Kier alpha value is -1.11. The molecule has 3 nitrogen and oxygen atoms in total. The molecular formula is C11H13F3N2OS. The van der Waals surface area contributed by atoms with Crippen molar-refractivity contribution in [1.29, 1.82) is 0 Å². The van der Waals surface area contributed by atoms with Gasteiger partial charge >= 0.3 is 6.18 Å². The monoisotopic (exact) mass is 278 g/mol. The molecule has 1 aromatic heterocycles. The molecule has 1 heterocycles. The molecule has 0 radical (unpaired) electrons. The number of rotatable bonds is 3. The molecule has 7 heteroatoms. The molecule has 1 aliphatic carbocycles. The fourth-order valence-corrected chi connectivity index (χ4v) is 2.91. The number of Topliss-reactive ketones (excluding diaryl/α,β-unsaturated/α-hetero) is 1. The van der Waals surface area contributed by atoms with E-state index in [1.165, 1.54) is 16.2 Å². The second-order valence-corrected chi connectivity index (χ2v) is 5.39. The van der Waals surface area contributed by atoms with Crippen LogP contribution in [0.2, 0.25) is 0 Å².